The van der Waals surface area contributed by atoms with Crippen molar-refractivity contribution in [2.45, 2.75) is 59.3 Å². The van der Waals surface area contributed by atoms with Gasteiger partial charge in [-0.15, -0.1) is 0 Å². The predicted molar refractivity (Wildman–Crippen MR) is 60.1 cm³/mol. The van der Waals surface area contributed by atoms with Crippen LogP contribution in [0.25, 0.3) is 0 Å². The van der Waals surface area contributed by atoms with E-state index >= 15 is 0 Å². The summed E-state index contributed by atoms with van der Waals surface area (Å²) in [6.45, 7) is 7.59. The molecule has 0 nitrogen and oxygen atoms in total. The first-order chi connectivity index (χ1) is 6.54. The molecule has 4 atom stereocenters. The second-order valence-electron chi connectivity index (χ2n) is 7.07. The van der Waals surface area contributed by atoms with E-state index in [1.165, 1.54) is 25.7 Å². The predicted octanol–water partition coefficient (Wildman–Crippen LogP) is 4.25. The van der Waals surface area contributed by atoms with Crippen LogP contribution in [0.3, 0.4) is 0 Å². The topological polar surface area (TPSA) is 0 Å². The van der Waals surface area contributed by atoms with Gasteiger partial charge in [-0.2, -0.15) is 0 Å². The number of hydrogen-bond acceptors (Lipinski definition) is 0. The van der Waals surface area contributed by atoms with E-state index in [1.807, 2.05) is 0 Å². The third kappa shape index (κ3) is 1.06. The minimum Gasteiger partial charge on any atom is -0.0594 e. The van der Waals surface area contributed by atoms with Gasteiger partial charge in [0.15, 0.2) is 0 Å². The van der Waals surface area contributed by atoms with Crippen LogP contribution >= 0.6 is 0 Å². The monoisotopic (exact) mass is 192 g/mol. The summed E-state index contributed by atoms with van der Waals surface area (Å²) in [7, 11) is 0. The quantitative estimate of drug-likeness (QED) is 0.538. The number of hydrogen-bond donors (Lipinski definition) is 0. The maximum atomic E-state index is 2.58. The van der Waals surface area contributed by atoms with E-state index in [1.54, 1.807) is 12.8 Å². The largest absolute Gasteiger partial charge is 0.0594 e. The Labute approximate surface area is 88.5 Å². The summed E-state index contributed by atoms with van der Waals surface area (Å²) >= 11 is 0. The summed E-state index contributed by atoms with van der Waals surface area (Å²) < 4.78 is 0. The molecule has 0 aliphatic heterocycles. The van der Waals surface area contributed by atoms with Crippen LogP contribution in [0, 0.1) is 28.6 Å². The number of fused-ring (bicyclic) bond motifs is 2. The van der Waals surface area contributed by atoms with Crippen molar-refractivity contribution in [1.29, 1.82) is 0 Å². The van der Waals surface area contributed by atoms with Gasteiger partial charge < -0.3 is 0 Å². The molecule has 0 bridgehead atoms. The molecule has 0 aromatic carbocycles. The summed E-state index contributed by atoms with van der Waals surface area (Å²) in [6, 6.07) is 0. The third-order valence-electron chi connectivity index (χ3n) is 6.05. The molecule has 0 unspecified atom stereocenters. The summed E-state index contributed by atoms with van der Waals surface area (Å²) in [4.78, 5) is 0. The van der Waals surface area contributed by atoms with Crippen LogP contribution in [0.4, 0.5) is 0 Å². The Morgan fingerprint density at radius 3 is 2.57 bits per heavy atom. The van der Waals surface area contributed by atoms with Crippen LogP contribution in [0.5, 0.6) is 0 Å². The molecular formula is C14H24. The summed E-state index contributed by atoms with van der Waals surface area (Å²) in [5, 5.41) is 0. The first-order valence-corrected chi connectivity index (χ1v) is 6.54. The zero-order valence-electron chi connectivity index (χ0n) is 9.97. The van der Waals surface area contributed by atoms with Gasteiger partial charge in [0.2, 0.25) is 0 Å². The maximum Gasteiger partial charge on any atom is -0.0292 e. The van der Waals surface area contributed by atoms with Gasteiger partial charge in [0.25, 0.3) is 0 Å². The van der Waals surface area contributed by atoms with Crippen molar-refractivity contribution in [2.24, 2.45) is 28.6 Å². The molecule has 3 saturated carbocycles. The van der Waals surface area contributed by atoms with Crippen LogP contribution < -0.4 is 0 Å². The molecule has 3 fully saturated rings. The molecule has 3 aliphatic carbocycles. The molecule has 0 heterocycles. The van der Waals surface area contributed by atoms with Crippen molar-refractivity contribution < 1.29 is 0 Å². The SMILES string of the molecule is CC1(C)[C@@H]2C[C@H]3CCCC[C@@]3(C)C[C@@H]21. The minimum absolute atomic E-state index is 0.709. The average Bonchev–Trinajstić information content (AvgIpc) is 2.64. The summed E-state index contributed by atoms with van der Waals surface area (Å²) in [5.41, 5.74) is 1.45. The third-order valence-corrected chi connectivity index (χ3v) is 6.05. The highest BCUT2D eigenvalue weighted by Crippen LogP contribution is 2.71. The van der Waals surface area contributed by atoms with Gasteiger partial charge in [0.05, 0.1) is 0 Å². The van der Waals surface area contributed by atoms with Crippen LogP contribution in [-0.2, 0) is 0 Å². The van der Waals surface area contributed by atoms with Crippen LogP contribution in [0.2, 0.25) is 0 Å². The first-order valence-electron chi connectivity index (χ1n) is 6.54. The van der Waals surface area contributed by atoms with Crippen molar-refractivity contribution in [3.05, 3.63) is 0 Å². The molecule has 80 valence electrons. The number of rotatable bonds is 0. The van der Waals surface area contributed by atoms with E-state index in [0.717, 1.165) is 23.2 Å². The van der Waals surface area contributed by atoms with Crippen molar-refractivity contribution in [3.63, 3.8) is 0 Å². The smallest absolute Gasteiger partial charge is 0.0292 e. The Morgan fingerprint density at radius 2 is 1.79 bits per heavy atom. The van der Waals surface area contributed by atoms with Crippen LogP contribution in [-0.4, -0.2) is 0 Å². The standard InChI is InChI=1S/C14H24/c1-13(2)11-8-10-6-4-5-7-14(10,3)9-12(11)13/h10-12H,4-9H2,1-3H3/t10-,11-,12+,14+/m1/s1. The fourth-order valence-electron chi connectivity index (χ4n) is 4.68. The van der Waals surface area contributed by atoms with Crippen LogP contribution in [0.15, 0.2) is 0 Å². The zero-order valence-corrected chi connectivity index (χ0v) is 9.97. The molecule has 3 rings (SSSR count). The van der Waals surface area contributed by atoms with Gasteiger partial charge in [-0.1, -0.05) is 33.6 Å². The molecule has 0 saturated heterocycles. The lowest BCUT2D eigenvalue weighted by Gasteiger charge is -2.45. The van der Waals surface area contributed by atoms with Crippen molar-refractivity contribution >= 4 is 0 Å². The van der Waals surface area contributed by atoms with Gasteiger partial charge in [-0.05, 0) is 54.3 Å². The highest BCUT2D eigenvalue weighted by Gasteiger charge is 2.63. The lowest BCUT2D eigenvalue weighted by atomic mass is 9.61. The van der Waals surface area contributed by atoms with E-state index in [2.05, 4.69) is 20.8 Å². The Balaban J connectivity index is 1.82. The normalized spacial score (nSPS) is 54.6. The minimum atomic E-state index is 0.709. The molecule has 0 aromatic heterocycles. The molecule has 0 amide bonds. The van der Waals surface area contributed by atoms with Crippen molar-refractivity contribution in [2.75, 3.05) is 0 Å². The molecule has 0 aromatic rings. The Hall–Kier alpha value is 0. The van der Waals surface area contributed by atoms with Gasteiger partial charge >= 0.3 is 0 Å². The van der Waals surface area contributed by atoms with Crippen LogP contribution in [0.1, 0.15) is 59.3 Å². The van der Waals surface area contributed by atoms with E-state index < -0.39 is 0 Å². The van der Waals surface area contributed by atoms with Crippen molar-refractivity contribution in [1.82, 2.24) is 0 Å². The molecule has 3 aliphatic rings. The summed E-state index contributed by atoms with van der Waals surface area (Å²) in [5.74, 6) is 3.26. The van der Waals surface area contributed by atoms with E-state index in [9.17, 15) is 0 Å². The summed E-state index contributed by atoms with van der Waals surface area (Å²) in [6.07, 6.45) is 9.19. The van der Waals surface area contributed by atoms with Gasteiger partial charge in [-0.25, -0.2) is 0 Å². The molecule has 14 heavy (non-hydrogen) atoms. The molecule has 0 heteroatoms. The van der Waals surface area contributed by atoms with Crippen molar-refractivity contribution in [3.8, 4) is 0 Å². The lowest BCUT2D eigenvalue weighted by Crippen LogP contribution is -2.34. The lowest BCUT2D eigenvalue weighted by molar-refractivity contribution is 0.0589. The fourth-order valence-corrected chi connectivity index (χ4v) is 4.68. The Morgan fingerprint density at radius 1 is 1.00 bits per heavy atom. The highest BCUT2D eigenvalue weighted by atomic mass is 14.7. The van der Waals surface area contributed by atoms with E-state index in [4.69, 9.17) is 0 Å². The molecule has 0 radical (unpaired) electrons. The second kappa shape index (κ2) is 2.57. The van der Waals surface area contributed by atoms with E-state index in [0.29, 0.717) is 5.41 Å². The van der Waals surface area contributed by atoms with Gasteiger partial charge in [0, 0.05) is 0 Å². The van der Waals surface area contributed by atoms with Gasteiger partial charge in [-0.3, -0.25) is 0 Å². The zero-order chi connectivity index (χ0) is 9.97. The first kappa shape index (κ1) is 9.24. The molecule has 0 spiro atoms. The second-order valence-corrected chi connectivity index (χ2v) is 7.07. The fraction of sp³-hybridized carbons (Fsp3) is 1.00. The highest BCUT2D eigenvalue weighted by molar-refractivity contribution is 5.12. The average molecular weight is 192 g/mol. The molecule has 0 N–H and O–H groups in total. The molecular weight excluding hydrogens is 168 g/mol. The maximum absolute atomic E-state index is 2.58. The van der Waals surface area contributed by atoms with E-state index in [-0.39, 0.29) is 0 Å². The Bertz CT molecular complexity index is 253. The van der Waals surface area contributed by atoms with Gasteiger partial charge in [0.1, 0.15) is 0 Å². The Kier molecular flexibility index (Phi) is 1.70.